The van der Waals surface area contributed by atoms with Gasteiger partial charge in [-0.2, -0.15) is 0 Å². The van der Waals surface area contributed by atoms with Gasteiger partial charge in [0.2, 0.25) is 0 Å². The van der Waals surface area contributed by atoms with E-state index in [1.54, 1.807) is 0 Å². The fourth-order valence-electron chi connectivity index (χ4n) is 8.17. The summed E-state index contributed by atoms with van der Waals surface area (Å²) in [5, 5.41) is 4.96. The highest BCUT2D eigenvalue weighted by atomic mass is 32.1. The van der Waals surface area contributed by atoms with Crippen LogP contribution in [-0.2, 0) is 0 Å². The Balaban J connectivity index is 1.12. The molecule has 10 aromatic rings. The van der Waals surface area contributed by atoms with E-state index in [2.05, 4.69) is 243 Å². The van der Waals surface area contributed by atoms with Crippen LogP contribution in [0.2, 0.25) is 0 Å². The number of rotatable bonds is 9. The van der Waals surface area contributed by atoms with Gasteiger partial charge in [-0.05, 0) is 119 Å². The van der Waals surface area contributed by atoms with E-state index in [-0.39, 0.29) is 0 Å². The van der Waals surface area contributed by atoms with Crippen LogP contribution in [0.5, 0.6) is 0 Å². The molecule has 0 unspecified atom stereocenters. The van der Waals surface area contributed by atoms with Crippen LogP contribution in [-0.4, -0.2) is 0 Å². The van der Waals surface area contributed by atoms with Gasteiger partial charge >= 0.3 is 0 Å². The summed E-state index contributed by atoms with van der Waals surface area (Å²) >= 11 is 1.84. The van der Waals surface area contributed by atoms with Crippen molar-refractivity contribution in [2.45, 2.75) is 0 Å². The monoisotopic (exact) mass is 768 g/mol. The summed E-state index contributed by atoms with van der Waals surface area (Å²) in [5.41, 5.74) is 14.5. The maximum absolute atomic E-state index is 2.42. The Bertz CT molecular complexity index is 3110. The molecule has 0 aliphatic carbocycles. The first-order valence-electron chi connectivity index (χ1n) is 20.2. The zero-order valence-electron chi connectivity index (χ0n) is 32.5. The average Bonchev–Trinajstić information content (AvgIpc) is 3.81. The molecule has 0 aliphatic heterocycles. The number of hydrogen-bond donors (Lipinski definition) is 0. The molecule has 0 atom stereocenters. The van der Waals surface area contributed by atoms with Gasteiger partial charge in [0.15, 0.2) is 0 Å². The lowest BCUT2D eigenvalue weighted by molar-refractivity contribution is 1.61. The van der Waals surface area contributed by atoms with Crippen LogP contribution in [0.1, 0.15) is 22.3 Å². The molecular formula is C58H40S. The van der Waals surface area contributed by atoms with E-state index in [0.29, 0.717) is 0 Å². The molecule has 278 valence electrons. The third-order valence-corrected chi connectivity index (χ3v) is 12.3. The molecule has 0 fully saturated rings. The number of thiophene rings is 1. The topological polar surface area (TPSA) is 0 Å². The smallest absolute Gasteiger partial charge is 0.0349 e. The lowest BCUT2D eigenvalue weighted by Crippen LogP contribution is -1.92. The predicted molar refractivity (Wildman–Crippen MR) is 257 cm³/mol. The number of hydrogen-bond acceptors (Lipinski definition) is 1. The van der Waals surface area contributed by atoms with Gasteiger partial charge in [-0.25, -0.2) is 0 Å². The van der Waals surface area contributed by atoms with E-state index < -0.39 is 0 Å². The molecule has 0 saturated carbocycles. The van der Waals surface area contributed by atoms with Crippen molar-refractivity contribution in [2.75, 3.05) is 0 Å². The van der Waals surface area contributed by atoms with Gasteiger partial charge in [-0.1, -0.05) is 212 Å². The second-order valence-corrected chi connectivity index (χ2v) is 16.0. The Morgan fingerprint density at radius 3 is 1.19 bits per heavy atom. The third kappa shape index (κ3) is 7.60. The largest absolute Gasteiger partial charge is 0.135 e. The zero-order valence-corrected chi connectivity index (χ0v) is 33.3. The van der Waals surface area contributed by atoms with Crippen molar-refractivity contribution in [3.8, 4) is 54.3 Å². The van der Waals surface area contributed by atoms with Crippen molar-refractivity contribution in [1.29, 1.82) is 0 Å². The van der Waals surface area contributed by atoms with E-state index in [0.717, 1.165) is 0 Å². The van der Waals surface area contributed by atoms with Crippen molar-refractivity contribution in [3.63, 3.8) is 0 Å². The molecule has 1 heterocycles. The molecule has 0 spiro atoms. The molecule has 0 aliphatic rings. The van der Waals surface area contributed by atoms with E-state index >= 15 is 0 Å². The Morgan fingerprint density at radius 1 is 0.237 bits per heavy atom. The number of fused-ring (bicyclic) bond motifs is 2. The molecule has 0 saturated heterocycles. The minimum atomic E-state index is 1.17. The molecule has 0 bridgehead atoms. The minimum Gasteiger partial charge on any atom is -0.135 e. The van der Waals surface area contributed by atoms with Gasteiger partial charge in [0.05, 0.1) is 0 Å². The van der Waals surface area contributed by atoms with Gasteiger partial charge in [-0.15, -0.1) is 11.3 Å². The van der Waals surface area contributed by atoms with Crippen molar-refractivity contribution >= 4 is 57.2 Å². The summed E-state index contributed by atoms with van der Waals surface area (Å²) in [5.74, 6) is 0. The standard InChI is InChI=1S/C58H40S/c1-4-14-41(15-5-1)26-28-43-18-12-22-49(38-43)57-51-24-10-11-25-52(51)58(50-23-13-19-44(39-50)29-27-42-16-6-2-7-17-42)54-40-48(34-35-53(54)57)45-30-32-47(33-31-45)56-37-36-55(59-56)46-20-8-3-9-21-46/h1-40H. The highest BCUT2D eigenvalue weighted by Crippen LogP contribution is 2.45. The lowest BCUT2D eigenvalue weighted by atomic mass is 9.84. The Kier molecular flexibility index (Phi) is 9.94. The molecule has 59 heavy (non-hydrogen) atoms. The van der Waals surface area contributed by atoms with Crippen LogP contribution >= 0.6 is 11.3 Å². The molecule has 1 aromatic heterocycles. The SMILES string of the molecule is C(=Cc1cccc(-c2c3ccccc3c(-c3cccc(C=Cc4ccccc4)c3)c3cc(-c4ccc(-c5ccc(-c6ccccc6)s5)cc4)ccc23)c1)c1ccccc1. The fourth-order valence-corrected chi connectivity index (χ4v) is 9.18. The van der Waals surface area contributed by atoms with Crippen molar-refractivity contribution in [2.24, 2.45) is 0 Å². The highest BCUT2D eigenvalue weighted by molar-refractivity contribution is 7.18. The maximum atomic E-state index is 2.42. The van der Waals surface area contributed by atoms with Crippen LogP contribution in [0, 0.1) is 0 Å². The second-order valence-electron chi connectivity index (χ2n) is 14.9. The van der Waals surface area contributed by atoms with Gasteiger partial charge in [0, 0.05) is 9.75 Å². The lowest BCUT2D eigenvalue weighted by Gasteiger charge is -2.19. The molecule has 0 radical (unpaired) electrons. The second kappa shape index (κ2) is 16.3. The van der Waals surface area contributed by atoms with Crippen LogP contribution < -0.4 is 0 Å². The first kappa shape index (κ1) is 36.0. The van der Waals surface area contributed by atoms with Crippen molar-refractivity contribution < 1.29 is 0 Å². The van der Waals surface area contributed by atoms with Gasteiger partial charge in [0.25, 0.3) is 0 Å². The third-order valence-electron chi connectivity index (χ3n) is 11.1. The summed E-state index contributed by atoms with van der Waals surface area (Å²) in [4.78, 5) is 2.56. The summed E-state index contributed by atoms with van der Waals surface area (Å²) < 4.78 is 0. The van der Waals surface area contributed by atoms with Crippen molar-refractivity contribution in [3.05, 3.63) is 241 Å². The Hall–Kier alpha value is -7.32. The first-order valence-corrected chi connectivity index (χ1v) is 21.0. The first-order chi connectivity index (χ1) is 29.2. The van der Waals surface area contributed by atoms with Gasteiger partial charge < -0.3 is 0 Å². The quantitative estimate of drug-likeness (QED) is 0.101. The van der Waals surface area contributed by atoms with Gasteiger partial charge in [0.1, 0.15) is 0 Å². The van der Waals surface area contributed by atoms with Crippen LogP contribution in [0.4, 0.5) is 0 Å². The van der Waals surface area contributed by atoms with E-state index in [1.165, 1.54) is 98.1 Å². The van der Waals surface area contributed by atoms with Crippen LogP contribution in [0.15, 0.2) is 218 Å². The molecular weight excluding hydrogens is 729 g/mol. The molecule has 0 amide bonds. The summed E-state index contributed by atoms with van der Waals surface area (Å²) in [7, 11) is 0. The summed E-state index contributed by atoms with van der Waals surface area (Å²) in [6.45, 7) is 0. The maximum Gasteiger partial charge on any atom is 0.0349 e. The molecule has 9 aromatic carbocycles. The Labute approximate surface area is 350 Å². The molecule has 0 nitrogen and oxygen atoms in total. The van der Waals surface area contributed by atoms with Gasteiger partial charge in [-0.3, -0.25) is 0 Å². The normalized spacial score (nSPS) is 11.6. The summed E-state index contributed by atoms with van der Waals surface area (Å²) in [6, 6.07) is 79.2. The fraction of sp³-hybridized carbons (Fsp3) is 0. The molecule has 1 heteroatoms. The van der Waals surface area contributed by atoms with Crippen LogP contribution in [0.25, 0.3) is 100 Å². The van der Waals surface area contributed by atoms with E-state index in [4.69, 9.17) is 0 Å². The molecule has 0 N–H and O–H groups in total. The minimum absolute atomic E-state index is 1.17. The van der Waals surface area contributed by atoms with E-state index in [1.807, 2.05) is 11.3 Å². The van der Waals surface area contributed by atoms with Crippen LogP contribution in [0.3, 0.4) is 0 Å². The van der Waals surface area contributed by atoms with Crippen molar-refractivity contribution in [1.82, 2.24) is 0 Å². The van der Waals surface area contributed by atoms with E-state index in [9.17, 15) is 0 Å². The predicted octanol–water partition coefficient (Wildman–Crippen LogP) is 16.7. The highest BCUT2D eigenvalue weighted by Gasteiger charge is 2.18. The Morgan fingerprint density at radius 2 is 0.627 bits per heavy atom. The molecule has 10 rings (SSSR count). The number of benzene rings is 9. The average molecular weight is 769 g/mol. The zero-order chi connectivity index (χ0) is 39.4. The summed E-state index contributed by atoms with van der Waals surface area (Å²) in [6.07, 6.45) is 8.82.